The number of anilines is 1. The maximum atomic E-state index is 12.2. The summed E-state index contributed by atoms with van der Waals surface area (Å²) in [6, 6.07) is 1.80. The number of aromatic nitrogens is 2. The van der Waals surface area contributed by atoms with E-state index in [1.165, 1.54) is 11.2 Å². The van der Waals surface area contributed by atoms with Crippen LogP contribution in [0.25, 0.3) is 0 Å². The van der Waals surface area contributed by atoms with Gasteiger partial charge in [-0.05, 0) is 13.3 Å². The first-order chi connectivity index (χ1) is 8.42. The van der Waals surface area contributed by atoms with E-state index in [1.54, 1.807) is 6.07 Å². The van der Waals surface area contributed by atoms with Crippen molar-refractivity contribution < 1.29 is 13.2 Å². The Balaban J connectivity index is 1.86. The fourth-order valence-corrected chi connectivity index (χ4v) is 2.09. The topological polar surface area (TPSA) is 41.0 Å². The molecule has 0 aromatic carbocycles. The predicted octanol–water partition coefficient (Wildman–Crippen LogP) is 1.83. The summed E-state index contributed by atoms with van der Waals surface area (Å²) >= 11 is 0. The third kappa shape index (κ3) is 3.83. The summed E-state index contributed by atoms with van der Waals surface area (Å²) in [4.78, 5) is 9.42. The molecule has 2 heterocycles. The van der Waals surface area contributed by atoms with Crippen molar-refractivity contribution >= 4 is 5.82 Å². The first-order valence-corrected chi connectivity index (χ1v) is 5.77. The van der Waals surface area contributed by atoms with Gasteiger partial charge in [-0.3, -0.25) is 4.90 Å². The van der Waals surface area contributed by atoms with Crippen LogP contribution >= 0.6 is 0 Å². The molecule has 0 saturated carbocycles. The number of nitrogens with zero attached hydrogens (tertiary/aromatic N) is 3. The number of hydrogen-bond donors (Lipinski definition) is 1. The molecule has 2 rings (SSSR count). The number of rotatable bonds is 3. The molecule has 1 aromatic rings. The normalized spacial score (nSPS) is 21.2. The zero-order valence-corrected chi connectivity index (χ0v) is 10.0. The Labute approximate surface area is 103 Å². The molecule has 0 aliphatic carbocycles. The van der Waals surface area contributed by atoms with Crippen molar-refractivity contribution in [1.82, 2.24) is 14.9 Å². The van der Waals surface area contributed by atoms with Crippen molar-refractivity contribution in [3.63, 3.8) is 0 Å². The van der Waals surface area contributed by atoms with Crippen LogP contribution in [0.15, 0.2) is 12.4 Å². The van der Waals surface area contributed by atoms with E-state index < -0.39 is 12.7 Å². The lowest BCUT2D eigenvalue weighted by atomic mass is 10.2. The average Bonchev–Trinajstić information content (AvgIpc) is 2.62. The van der Waals surface area contributed by atoms with Gasteiger partial charge in [-0.25, -0.2) is 9.97 Å². The number of alkyl halides is 3. The maximum Gasteiger partial charge on any atom is 0.401 e. The van der Waals surface area contributed by atoms with Crippen molar-refractivity contribution in [2.75, 3.05) is 25.0 Å². The summed E-state index contributed by atoms with van der Waals surface area (Å²) in [5.41, 5.74) is 0.831. The molecule has 0 amide bonds. The van der Waals surface area contributed by atoms with Gasteiger partial charge in [-0.2, -0.15) is 13.2 Å². The molecule has 0 bridgehead atoms. The van der Waals surface area contributed by atoms with E-state index in [2.05, 4.69) is 15.3 Å². The number of likely N-dealkylation sites (tertiary alicyclic amines) is 1. The van der Waals surface area contributed by atoms with Crippen LogP contribution in [0.5, 0.6) is 0 Å². The van der Waals surface area contributed by atoms with Gasteiger partial charge < -0.3 is 5.32 Å². The minimum absolute atomic E-state index is 0.0154. The van der Waals surface area contributed by atoms with Crippen LogP contribution in [-0.2, 0) is 0 Å². The molecule has 1 aromatic heterocycles. The molecule has 1 atom stereocenters. The van der Waals surface area contributed by atoms with E-state index in [1.807, 2.05) is 6.92 Å². The molecule has 1 aliphatic heterocycles. The molecule has 1 fully saturated rings. The molecule has 18 heavy (non-hydrogen) atoms. The molecule has 1 N–H and O–H groups in total. The molecule has 0 radical (unpaired) electrons. The smallest absolute Gasteiger partial charge is 0.366 e. The molecule has 4 nitrogen and oxygen atoms in total. The Kier molecular flexibility index (Phi) is 3.70. The number of halogens is 3. The number of hydrogen-bond acceptors (Lipinski definition) is 4. The summed E-state index contributed by atoms with van der Waals surface area (Å²) in [5.74, 6) is 0.668. The van der Waals surface area contributed by atoms with Gasteiger partial charge in [0.15, 0.2) is 0 Å². The van der Waals surface area contributed by atoms with Gasteiger partial charge in [0, 0.05) is 30.9 Å². The van der Waals surface area contributed by atoms with Gasteiger partial charge in [0.25, 0.3) is 0 Å². The highest BCUT2D eigenvalue weighted by Crippen LogP contribution is 2.21. The first-order valence-electron chi connectivity index (χ1n) is 5.77. The van der Waals surface area contributed by atoms with E-state index in [-0.39, 0.29) is 6.04 Å². The molecular formula is C11H15F3N4. The minimum atomic E-state index is -4.12. The van der Waals surface area contributed by atoms with Gasteiger partial charge >= 0.3 is 6.18 Å². The summed E-state index contributed by atoms with van der Waals surface area (Å²) in [5, 5.41) is 3.14. The monoisotopic (exact) mass is 260 g/mol. The highest BCUT2D eigenvalue weighted by atomic mass is 19.4. The third-order valence-electron chi connectivity index (χ3n) is 2.83. The van der Waals surface area contributed by atoms with E-state index in [9.17, 15) is 13.2 Å². The Hall–Kier alpha value is -1.37. The molecule has 1 saturated heterocycles. The van der Waals surface area contributed by atoms with Crippen molar-refractivity contribution in [3.05, 3.63) is 18.1 Å². The molecule has 0 spiro atoms. The molecule has 1 aliphatic rings. The summed E-state index contributed by atoms with van der Waals surface area (Å²) in [6.45, 7) is 1.86. The van der Waals surface area contributed by atoms with Gasteiger partial charge in [0.05, 0.1) is 6.54 Å². The van der Waals surface area contributed by atoms with E-state index in [4.69, 9.17) is 0 Å². The Bertz CT molecular complexity index is 408. The lowest BCUT2D eigenvalue weighted by molar-refractivity contribution is -0.143. The van der Waals surface area contributed by atoms with Crippen molar-refractivity contribution in [2.45, 2.75) is 25.6 Å². The minimum Gasteiger partial charge on any atom is -0.366 e. The molecule has 7 heteroatoms. The second-order valence-corrected chi connectivity index (χ2v) is 4.52. The SMILES string of the molecule is Cc1cc(NC2CCN(CC(F)(F)F)C2)ncn1. The van der Waals surface area contributed by atoms with Gasteiger partial charge in [-0.1, -0.05) is 0 Å². The highest BCUT2D eigenvalue weighted by molar-refractivity contribution is 5.36. The van der Waals surface area contributed by atoms with Crippen molar-refractivity contribution in [1.29, 1.82) is 0 Å². The van der Waals surface area contributed by atoms with Gasteiger partial charge in [0.1, 0.15) is 12.1 Å². The van der Waals surface area contributed by atoms with Crippen LogP contribution in [0.2, 0.25) is 0 Å². The molecule has 100 valence electrons. The Morgan fingerprint density at radius 3 is 2.89 bits per heavy atom. The third-order valence-corrected chi connectivity index (χ3v) is 2.83. The Morgan fingerprint density at radius 2 is 2.22 bits per heavy atom. The van der Waals surface area contributed by atoms with Crippen LogP contribution < -0.4 is 5.32 Å². The number of aryl methyl sites for hydroxylation is 1. The van der Waals surface area contributed by atoms with Crippen LogP contribution in [-0.4, -0.2) is 46.7 Å². The van der Waals surface area contributed by atoms with Gasteiger partial charge in [0.2, 0.25) is 0 Å². The van der Waals surface area contributed by atoms with E-state index >= 15 is 0 Å². The average molecular weight is 260 g/mol. The van der Waals surface area contributed by atoms with Crippen molar-refractivity contribution in [3.8, 4) is 0 Å². The standard InChI is InChI=1S/C11H15F3N4/c1-8-4-10(16-7-15-8)17-9-2-3-18(5-9)6-11(12,13)14/h4,7,9H,2-3,5-6H2,1H3,(H,15,16,17). The van der Waals surface area contributed by atoms with Crippen LogP contribution in [0.1, 0.15) is 12.1 Å². The number of nitrogens with one attached hydrogen (secondary N) is 1. The quantitative estimate of drug-likeness (QED) is 0.900. The van der Waals surface area contributed by atoms with Crippen LogP contribution in [0.3, 0.4) is 0 Å². The second kappa shape index (κ2) is 5.09. The molecular weight excluding hydrogens is 245 g/mol. The fourth-order valence-electron chi connectivity index (χ4n) is 2.09. The zero-order valence-electron chi connectivity index (χ0n) is 10.0. The highest BCUT2D eigenvalue weighted by Gasteiger charge is 2.34. The van der Waals surface area contributed by atoms with Crippen LogP contribution in [0.4, 0.5) is 19.0 Å². The summed E-state index contributed by atoms with van der Waals surface area (Å²) in [7, 11) is 0. The van der Waals surface area contributed by atoms with Crippen molar-refractivity contribution in [2.24, 2.45) is 0 Å². The maximum absolute atomic E-state index is 12.2. The fraction of sp³-hybridized carbons (Fsp3) is 0.636. The largest absolute Gasteiger partial charge is 0.401 e. The Morgan fingerprint density at radius 1 is 1.44 bits per heavy atom. The molecule has 1 unspecified atom stereocenters. The van der Waals surface area contributed by atoms with E-state index in [0.29, 0.717) is 25.3 Å². The van der Waals surface area contributed by atoms with E-state index in [0.717, 1.165) is 5.69 Å². The predicted molar refractivity (Wildman–Crippen MR) is 61.3 cm³/mol. The van der Waals surface area contributed by atoms with Crippen LogP contribution in [0, 0.1) is 6.92 Å². The zero-order chi connectivity index (χ0) is 13.2. The first kappa shape index (κ1) is 13.1. The lowest BCUT2D eigenvalue weighted by Crippen LogP contribution is -2.34. The summed E-state index contributed by atoms with van der Waals surface area (Å²) in [6.07, 6.45) is -1.99. The second-order valence-electron chi connectivity index (χ2n) is 4.52. The summed E-state index contributed by atoms with van der Waals surface area (Å²) < 4.78 is 36.7. The van der Waals surface area contributed by atoms with Gasteiger partial charge in [-0.15, -0.1) is 0 Å². The lowest BCUT2D eigenvalue weighted by Gasteiger charge is -2.18.